The fraction of sp³-hybridized carbons (Fsp3) is 0.259. The molecule has 6 heteroatoms. The summed E-state index contributed by atoms with van der Waals surface area (Å²) in [5, 5.41) is 6.85. The second kappa shape index (κ2) is 10.5. The predicted molar refractivity (Wildman–Crippen MR) is 133 cm³/mol. The second-order valence-corrected chi connectivity index (χ2v) is 8.80. The van der Waals surface area contributed by atoms with Gasteiger partial charge in [-0.1, -0.05) is 54.1 Å². The van der Waals surface area contributed by atoms with Gasteiger partial charge in [-0.3, -0.25) is 9.59 Å². The average molecular weight is 462 g/mol. The fourth-order valence-electron chi connectivity index (χ4n) is 4.18. The third-order valence-electron chi connectivity index (χ3n) is 6.07. The third-order valence-corrected chi connectivity index (χ3v) is 6.33. The maximum atomic E-state index is 13.1. The number of carbonyl (C=O) groups is 2. The van der Waals surface area contributed by atoms with Crippen molar-refractivity contribution in [3.63, 3.8) is 0 Å². The van der Waals surface area contributed by atoms with E-state index in [-0.39, 0.29) is 23.9 Å². The highest BCUT2D eigenvalue weighted by Gasteiger charge is 2.24. The summed E-state index contributed by atoms with van der Waals surface area (Å²) >= 11 is 5.91. The first-order valence-corrected chi connectivity index (χ1v) is 11.7. The molecule has 33 heavy (non-hydrogen) atoms. The van der Waals surface area contributed by atoms with Gasteiger partial charge in [0.25, 0.3) is 11.8 Å². The van der Waals surface area contributed by atoms with Crippen LogP contribution in [0.4, 0.5) is 5.69 Å². The molecule has 0 unspecified atom stereocenters. The zero-order valence-electron chi connectivity index (χ0n) is 18.6. The van der Waals surface area contributed by atoms with Crippen LogP contribution in [0.5, 0.6) is 0 Å². The maximum Gasteiger partial charge on any atom is 0.253 e. The van der Waals surface area contributed by atoms with Crippen LogP contribution in [0.1, 0.15) is 52.1 Å². The summed E-state index contributed by atoms with van der Waals surface area (Å²) in [4.78, 5) is 27.8. The van der Waals surface area contributed by atoms with E-state index in [1.54, 1.807) is 24.3 Å². The number of benzene rings is 3. The Hall–Kier alpha value is -3.31. The molecule has 1 heterocycles. The maximum absolute atomic E-state index is 13.1. The molecule has 3 aromatic rings. The minimum Gasteiger partial charge on any atom is -0.371 e. The van der Waals surface area contributed by atoms with Crippen LogP contribution in [0.15, 0.2) is 78.9 Å². The molecule has 0 bridgehead atoms. The summed E-state index contributed by atoms with van der Waals surface area (Å²) in [6, 6.07) is 24.6. The van der Waals surface area contributed by atoms with Crippen LogP contribution in [0, 0.1) is 0 Å². The molecule has 0 aromatic heterocycles. The third kappa shape index (κ3) is 5.74. The number of amides is 2. The lowest BCUT2D eigenvalue weighted by Gasteiger charge is -2.35. The highest BCUT2D eigenvalue weighted by atomic mass is 35.5. The van der Waals surface area contributed by atoms with Gasteiger partial charge in [0.2, 0.25) is 0 Å². The lowest BCUT2D eigenvalue weighted by atomic mass is 10.0. The number of anilines is 1. The second-order valence-electron chi connectivity index (χ2n) is 8.36. The van der Waals surface area contributed by atoms with Crippen LogP contribution in [-0.2, 0) is 0 Å². The minimum atomic E-state index is -0.0835. The summed E-state index contributed by atoms with van der Waals surface area (Å²) < 4.78 is 0. The van der Waals surface area contributed by atoms with Crippen LogP contribution in [0.3, 0.4) is 0 Å². The first-order valence-electron chi connectivity index (χ1n) is 11.3. The van der Waals surface area contributed by atoms with E-state index in [4.69, 9.17) is 11.6 Å². The molecule has 2 amide bonds. The van der Waals surface area contributed by atoms with E-state index in [0.717, 1.165) is 37.2 Å². The van der Waals surface area contributed by atoms with Crippen molar-refractivity contribution in [3.05, 3.63) is 101 Å². The SMILES string of the molecule is C[C@H](NC(=O)c1ccccc1N1CCC(NC(=O)c2ccc(Cl)cc2)CC1)c1ccccc1. The highest BCUT2D eigenvalue weighted by molar-refractivity contribution is 6.30. The van der Waals surface area contributed by atoms with Crippen LogP contribution in [-0.4, -0.2) is 30.9 Å². The summed E-state index contributed by atoms with van der Waals surface area (Å²) in [6.45, 7) is 3.53. The quantitative estimate of drug-likeness (QED) is 0.528. The summed E-state index contributed by atoms with van der Waals surface area (Å²) in [5.74, 6) is -0.167. The fourth-order valence-corrected chi connectivity index (χ4v) is 4.30. The van der Waals surface area contributed by atoms with Crippen LogP contribution >= 0.6 is 11.6 Å². The normalized spacial score (nSPS) is 15.0. The van der Waals surface area contributed by atoms with Gasteiger partial charge in [0, 0.05) is 35.4 Å². The van der Waals surface area contributed by atoms with Crippen molar-refractivity contribution in [3.8, 4) is 0 Å². The number of hydrogen-bond acceptors (Lipinski definition) is 3. The molecule has 1 aliphatic heterocycles. The minimum absolute atomic E-state index is 0.0828. The highest BCUT2D eigenvalue weighted by Crippen LogP contribution is 2.25. The smallest absolute Gasteiger partial charge is 0.253 e. The van der Waals surface area contributed by atoms with E-state index in [9.17, 15) is 9.59 Å². The number of nitrogens with one attached hydrogen (secondary N) is 2. The first kappa shape index (κ1) is 22.9. The monoisotopic (exact) mass is 461 g/mol. The van der Waals surface area contributed by atoms with Gasteiger partial charge in [-0.15, -0.1) is 0 Å². The van der Waals surface area contributed by atoms with Crippen molar-refractivity contribution < 1.29 is 9.59 Å². The van der Waals surface area contributed by atoms with Crippen molar-refractivity contribution in [2.75, 3.05) is 18.0 Å². The molecule has 1 fully saturated rings. The van der Waals surface area contributed by atoms with E-state index in [1.165, 1.54) is 0 Å². The molecule has 0 aliphatic carbocycles. The van der Waals surface area contributed by atoms with Crippen molar-refractivity contribution >= 4 is 29.1 Å². The van der Waals surface area contributed by atoms with Crippen molar-refractivity contribution in [1.82, 2.24) is 10.6 Å². The molecule has 0 saturated carbocycles. The molecule has 2 N–H and O–H groups in total. The largest absolute Gasteiger partial charge is 0.371 e. The van der Waals surface area contributed by atoms with Gasteiger partial charge in [-0.25, -0.2) is 0 Å². The summed E-state index contributed by atoms with van der Waals surface area (Å²) in [7, 11) is 0. The Balaban J connectivity index is 1.37. The molecule has 170 valence electrons. The van der Waals surface area contributed by atoms with Crippen LogP contribution in [0.2, 0.25) is 5.02 Å². The van der Waals surface area contributed by atoms with E-state index in [0.29, 0.717) is 16.1 Å². The number of rotatable bonds is 6. The molecule has 4 rings (SSSR count). The predicted octanol–water partition coefficient (Wildman–Crippen LogP) is 5.23. The van der Waals surface area contributed by atoms with E-state index >= 15 is 0 Å². The molecule has 1 atom stereocenters. The van der Waals surface area contributed by atoms with Gasteiger partial charge in [0.15, 0.2) is 0 Å². The zero-order valence-corrected chi connectivity index (χ0v) is 19.4. The van der Waals surface area contributed by atoms with Crippen molar-refractivity contribution in [2.45, 2.75) is 31.8 Å². The Labute approximate surface area is 199 Å². The van der Waals surface area contributed by atoms with Gasteiger partial charge < -0.3 is 15.5 Å². The lowest BCUT2D eigenvalue weighted by molar-refractivity contribution is 0.0928. The lowest BCUT2D eigenvalue weighted by Crippen LogP contribution is -2.45. The Kier molecular flexibility index (Phi) is 7.30. The Bertz CT molecular complexity index is 1090. The van der Waals surface area contributed by atoms with E-state index in [1.807, 2.05) is 61.5 Å². The number of hydrogen-bond donors (Lipinski definition) is 2. The topological polar surface area (TPSA) is 61.4 Å². The molecule has 0 spiro atoms. The number of piperidine rings is 1. The standard InChI is InChI=1S/C27H28ClN3O2/c1-19(20-7-3-2-4-8-20)29-27(33)24-9-5-6-10-25(24)31-17-15-23(16-18-31)30-26(32)21-11-13-22(28)14-12-21/h2-14,19,23H,15-18H2,1H3,(H,29,33)(H,30,32)/t19-/m0/s1. The molecule has 1 saturated heterocycles. The summed E-state index contributed by atoms with van der Waals surface area (Å²) in [6.07, 6.45) is 1.63. The van der Waals surface area contributed by atoms with Crippen LogP contribution in [0.25, 0.3) is 0 Å². The summed E-state index contributed by atoms with van der Waals surface area (Å²) in [5.41, 5.74) is 3.28. The number of para-hydroxylation sites is 1. The van der Waals surface area contributed by atoms with Crippen molar-refractivity contribution in [1.29, 1.82) is 0 Å². The Morgan fingerprint density at radius 1 is 0.879 bits per heavy atom. The van der Waals surface area contributed by atoms with Gasteiger partial charge >= 0.3 is 0 Å². The first-order chi connectivity index (χ1) is 16.0. The Morgan fingerprint density at radius 2 is 1.52 bits per heavy atom. The van der Waals surface area contributed by atoms with Gasteiger partial charge in [0.05, 0.1) is 11.6 Å². The van der Waals surface area contributed by atoms with Gasteiger partial charge in [-0.05, 0) is 61.7 Å². The number of nitrogens with zero attached hydrogens (tertiary/aromatic N) is 1. The molecule has 0 radical (unpaired) electrons. The zero-order chi connectivity index (χ0) is 23.2. The van der Waals surface area contributed by atoms with E-state index in [2.05, 4.69) is 15.5 Å². The average Bonchev–Trinajstić information content (AvgIpc) is 2.85. The molecular weight excluding hydrogens is 434 g/mol. The van der Waals surface area contributed by atoms with Gasteiger partial charge in [-0.2, -0.15) is 0 Å². The van der Waals surface area contributed by atoms with E-state index < -0.39 is 0 Å². The molecule has 3 aromatic carbocycles. The number of halogens is 1. The number of carbonyl (C=O) groups excluding carboxylic acids is 2. The molecular formula is C27H28ClN3O2. The van der Waals surface area contributed by atoms with Crippen molar-refractivity contribution in [2.24, 2.45) is 0 Å². The van der Waals surface area contributed by atoms with Gasteiger partial charge in [0.1, 0.15) is 0 Å². The Morgan fingerprint density at radius 3 is 2.21 bits per heavy atom. The molecule has 5 nitrogen and oxygen atoms in total. The van der Waals surface area contributed by atoms with Crippen LogP contribution < -0.4 is 15.5 Å². The molecule has 1 aliphatic rings.